The van der Waals surface area contributed by atoms with Crippen molar-refractivity contribution in [2.45, 2.75) is 11.5 Å². The minimum atomic E-state index is -3.83. The van der Waals surface area contributed by atoms with Gasteiger partial charge in [0.15, 0.2) is 0 Å². The number of benzene rings is 3. The molecule has 0 unspecified atom stereocenters. The van der Waals surface area contributed by atoms with Crippen molar-refractivity contribution in [1.82, 2.24) is 0 Å². The molecule has 156 valence electrons. The molecule has 0 saturated heterocycles. The van der Waals surface area contributed by atoms with Gasteiger partial charge in [-0.1, -0.05) is 23.2 Å². The summed E-state index contributed by atoms with van der Waals surface area (Å²) in [6.45, 7) is 0.0522. The molecule has 30 heavy (non-hydrogen) atoms. The first-order valence-electron chi connectivity index (χ1n) is 8.66. The zero-order valence-electron chi connectivity index (χ0n) is 15.8. The average molecular weight is 466 g/mol. The van der Waals surface area contributed by atoms with Crippen molar-refractivity contribution in [3.05, 3.63) is 87.9 Å². The van der Waals surface area contributed by atoms with Gasteiger partial charge >= 0.3 is 5.97 Å². The predicted molar refractivity (Wildman–Crippen MR) is 116 cm³/mol. The lowest BCUT2D eigenvalue weighted by Gasteiger charge is -2.14. The van der Waals surface area contributed by atoms with E-state index in [4.69, 9.17) is 27.9 Å². The van der Waals surface area contributed by atoms with Crippen molar-refractivity contribution in [2.24, 2.45) is 0 Å². The fourth-order valence-corrected chi connectivity index (χ4v) is 3.99. The van der Waals surface area contributed by atoms with Crippen molar-refractivity contribution in [2.75, 3.05) is 11.8 Å². The van der Waals surface area contributed by atoms with Gasteiger partial charge in [0.1, 0.15) is 12.4 Å². The third-order valence-electron chi connectivity index (χ3n) is 4.11. The molecule has 0 amide bonds. The summed E-state index contributed by atoms with van der Waals surface area (Å²) >= 11 is 11.9. The molecular weight excluding hydrogens is 449 g/mol. The number of nitrogens with one attached hydrogen (secondary N) is 1. The molecule has 0 aromatic heterocycles. The maximum Gasteiger partial charge on any atom is 0.337 e. The zero-order valence-corrected chi connectivity index (χ0v) is 18.1. The number of methoxy groups -OCH3 is 1. The average Bonchev–Trinajstić information content (AvgIpc) is 2.74. The number of esters is 1. The molecule has 0 bridgehead atoms. The molecule has 0 heterocycles. The lowest BCUT2D eigenvalue weighted by atomic mass is 10.2. The Balaban J connectivity index is 1.78. The predicted octanol–water partition coefficient (Wildman–Crippen LogP) is 5.16. The van der Waals surface area contributed by atoms with E-state index in [0.717, 1.165) is 0 Å². The third kappa shape index (κ3) is 5.44. The number of anilines is 1. The second kappa shape index (κ2) is 9.38. The van der Waals surface area contributed by atoms with Gasteiger partial charge in [0.2, 0.25) is 0 Å². The lowest BCUT2D eigenvalue weighted by molar-refractivity contribution is 0.0600. The van der Waals surface area contributed by atoms with E-state index in [1.165, 1.54) is 31.4 Å². The van der Waals surface area contributed by atoms with Crippen LogP contribution in [-0.4, -0.2) is 21.5 Å². The number of ether oxygens (including phenoxy) is 2. The Morgan fingerprint density at radius 3 is 2.20 bits per heavy atom. The number of hydrogen-bond donors (Lipinski definition) is 1. The molecule has 3 aromatic rings. The molecule has 0 aliphatic heterocycles. The van der Waals surface area contributed by atoms with E-state index in [1.54, 1.807) is 42.5 Å². The van der Waals surface area contributed by atoms with Gasteiger partial charge in [-0.15, -0.1) is 0 Å². The van der Waals surface area contributed by atoms with Crippen LogP contribution in [0, 0.1) is 0 Å². The molecule has 6 nitrogen and oxygen atoms in total. The number of sulfonamides is 1. The van der Waals surface area contributed by atoms with Crippen molar-refractivity contribution in [3.63, 3.8) is 0 Å². The fraction of sp³-hybridized carbons (Fsp3) is 0.0952. The van der Waals surface area contributed by atoms with Gasteiger partial charge < -0.3 is 9.47 Å². The maximum atomic E-state index is 12.7. The van der Waals surface area contributed by atoms with Crippen LogP contribution in [0.5, 0.6) is 5.75 Å². The molecule has 0 aliphatic carbocycles. The van der Waals surface area contributed by atoms with E-state index in [0.29, 0.717) is 32.6 Å². The third-order valence-corrected chi connectivity index (χ3v) is 5.97. The van der Waals surface area contributed by atoms with Gasteiger partial charge in [-0.3, -0.25) is 4.72 Å². The van der Waals surface area contributed by atoms with Crippen molar-refractivity contribution in [3.8, 4) is 5.75 Å². The normalized spacial score (nSPS) is 11.0. The second-order valence-electron chi connectivity index (χ2n) is 6.17. The lowest BCUT2D eigenvalue weighted by Crippen LogP contribution is -2.14. The molecular formula is C21H17Cl2NO5S. The summed E-state index contributed by atoms with van der Waals surface area (Å²) in [5.41, 5.74) is 1.27. The highest BCUT2D eigenvalue weighted by Gasteiger charge is 2.17. The van der Waals surface area contributed by atoms with Crippen LogP contribution in [0.2, 0.25) is 10.0 Å². The number of halogens is 2. The Kier molecular flexibility index (Phi) is 6.87. The molecule has 0 aliphatic rings. The molecule has 0 spiro atoms. The molecule has 9 heteroatoms. The largest absolute Gasteiger partial charge is 0.489 e. The van der Waals surface area contributed by atoms with Crippen molar-refractivity contribution < 1.29 is 22.7 Å². The minimum absolute atomic E-state index is 0.0522. The summed E-state index contributed by atoms with van der Waals surface area (Å²) in [7, 11) is -2.52. The molecule has 3 rings (SSSR count). The minimum Gasteiger partial charge on any atom is -0.489 e. The molecule has 1 N–H and O–H groups in total. The quantitative estimate of drug-likeness (QED) is 0.487. The highest BCUT2D eigenvalue weighted by Crippen LogP contribution is 2.26. The standard InChI is InChI=1S/C21H17Cl2NO5S/c1-28-21(25)14-2-7-18(8-3-14)29-13-15-12-17(23)6-11-20(15)24-30(26,27)19-9-4-16(22)5-10-19/h2-12,24H,13H2,1H3. The summed E-state index contributed by atoms with van der Waals surface area (Å²) in [4.78, 5) is 11.6. The van der Waals surface area contributed by atoms with Crippen molar-refractivity contribution >= 4 is 44.9 Å². The molecule has 0 fully saturated rings. The number of hydrogen-bond acceptors (Lipinski definition) is 5. The number of carbonyl (C=O) groups excluding carboxylic acids is 1. The molecule has 0 radical (unpaired) electrons. The summed E-state index contributed by atoms with van der Waals surface area (Å²) in [6.07, 6.45) is 0. The molecule has 0 saturated carbocycles. The zero-order chi connectivity index (χ0) is 21.7. The fourth-order valence-electron chi connectivity index (χ4n) is 2.56. The molecule has 3 aromatic carbocycles. The Bertz CT molecular complexity index is 1150. The van der Waals surface area contributed by atoms with E-state index in [-0.39, 0.29) is 11.5 Å². The van der Waals surface area contributed by atoms with Crippen LogP contribution in [0.1, 0.15) is 15.9 Å². The smallest absolute Gasteiger partial charge is 0.337 e. The molecule has 0 atom stereocenters. The Morgan fingerprint density at radius 1 is 0.933 bits per heavy atom. The number of carbonyl (C=O) groups is 1. The Morgan fingerprint density at radius 2 is 1.57 bits per heavy atom. The first kappa shape index (κ1) is 22.0. The van der Waals surface area contributed by atoms with Gasteiger partial charge in [0.05, 0.1) is 23.3 Å². The summed E-state index contributed by atoms with van der Waals surface area (Å²) in [6, 6.07) is 17.0. The highest BCUT2D eigenvalue weighted by atomic mass is 35.5. The SMILES string of the molecule is COC(=O)c1ccc(OCc2cc(Cl)ccc2NS(=O)(=O)c2ccc(Cl)cc2)cc1. The van der Waals surface area contributed by atoms with Gasteiger partial charge in [-0.2, -0.15) is 0 Å². The first-order chi connectivity index (χ1) is 14.3. The Hall–Kier alpha value is -2.74. The van der Waals surface area contributed by atoms with Crippen LogP contribution in [0.4, 0.5) is 5.69 Å². The van der Waals surface area contributed by atoms with E-state index in [2.05, 4.69) is 9.46 Å². The van der Waals surface area contributed by atoms with Crippen LogP contribution in [0.25, 0.3) is 0 Å². The number of rotatable bonds is 7. The maximum absolute atomic E-state index is 12.7. The summed E-state index contributed by atoms with van der Waals surface area (Å²) in [5.74, 6) is 0.0458. The van der Waals surface area contributed by atoms with Gasteiger partial charge in [0.25, 0.3) is 10.0 Å². The van der Waals surface area contributed by atoms with E-state index >= 15 is 0 Å². The van der Waals surface area contributed by atoms with Crippen LogP contribution >= 0.6 is 23.2 Å². The van der Waals surface area contributed by atoms with E-state index < -0.39 is 16.0 Å². The summed E-state index contributed by atoms with van der Waals surface area (Å²) < 4.78 is 38.3. The van der Waals surface area contributed by atoms with Gasteiger partial charge in [0, 0.05) is 15.6 Å². The van der Waals surface area contributed by atoms with Crippen LogP contribution in [-0.2, 0) is 21.4 Å². The van der Waals surface area contributed by atoms with Gasteiger partial charge in [-0.25, -0.2) is 13.2 Å². The van der Waals surface area contributed by atoms with Crippen LogP contribution in [0.15, 0.2) is 71.6 Å². The highest BCUT2D eigenvalue weighted by molar-refractivity contribution is 7.92. The summed E-state index contributed by atoms with van der Waals surface area (Å²) in [5, 5.41) is 0.872. The van der Waals surface area contributed by atoms with Crippen LogP contribution < -0.4 is 9.46 Å². The van der Waals surface area contributed by atoms with E-state index in [1.807, 2.05) is 0 Å². The monoisotopic (exact) mass is 465 g/mol. The van der Waals surface area contributed by atoms with Gasteiger partial charge in [-0.05, 0) is 66.7 Å². The topological polar surface area (TPSA) is 81.7 Å². The Labute approximate surface area is 184 Å². The van der Waals surface area contributed by atoms with Crippen molar-refractivity contribution in [1.29, 1.82) is 0 Å². The van der Waals surface area contributed by atoms with Crippen LogP contribution in [0.3, 0.4) is 0 Å². The first-order valence-corrected chi connectivity index (χ1v) is 10.9. The second-order valence-corrected chi connectivity index (χ2v) is 8.72. The van der Waals surface area contributed by atoms with E-state index in [9.17, 15) is 13.2 Å².